The van der Waals surface area contributed by atoms with Gasteiger partial charge < -0.3 is 19.3 Å². The fraction of sp³-hybridized carbons (Fsp3) is 0.625. The molecule has 0 bridgehead atoms. The number of carbonyl (C=O) groups excluding carboxylic acids is 2. The number of rotatable bonds is 7. The lowest BCUT2D eigenvalue weighted by Gasteiger charge is -2.17. The van der Waals surface area contributed by atoms with Crippen LogP contribution in [0.1, 0.15) is 38.5 Å². The minimum absolute atomic E-state index is 0.0858. The largest absolute Gasteiger partial charge is 0.463 e. The number of aromatic nitrogens is 2. The molecular weight excluding hydrogens is 348 g/mol. The third-order valence-corrected chi connectivity index (χ3v) is 3.90. The number of aliphatic hydroxyl groups excluding tert-OH is 1. The van der Waals surface area contributed by atoms with Crippen LogP contribution in [0.4, 0.5) is 0 Å². The van der Waals surface area contributed by atoms with Gasteiger partial charge in [0.05, 0.1) is 0 Å². The number of nitrogens with zero attached hydrogens (tertiary/aromatic N) is 1. The zero-order valence-electron chi connectivity index (χ0n) is 14.6. The normalized spacial score (nSPS) is 22.2. The lowest BCUT2D eigenvalue weighted by molar-refractivity contribution is -0.155. The molecule has 2 N–H and O–H groups in total. The van der Waals surface area contributed by atoms with E-state index in [1.54, 1.807) is 0 Å². The standard InChI is InChI=1S/C16H22N2O8/c1-9(20)24-8-13-12(25-10(2)21)6-14(26-13)18-7-11(4-3-5-19)15(22)17-16(18)23/h7,12-14,19H,3-6,8H2,1-2H3,(H,17,22,23)/t12-,13+,14+/m0/s1. The Morgan fingerprint density at radius 1 is 1.35 bits per heavy atom. The first-order valence-corrected chi connectivity index (χ1v) is 8.23. The van der Waals surface area contributed by atoms with E-state index in [9.17, 15) is 19.2 Å². The summed E-state index contributed by atoms with van der Waals surface area (Å²) in [5.41, 5.74) is -0.858. The summed E-state index contributed by atoms with van der Waals surface area (Å²) in [7, 11) is 0. The minimum atomic E-state index is -0.794. The highest BCUT2D eigenvalue weighted by Gasteiger charge is 2.39. The topological polar surface area (TPSA) is 137 Å². The van der Waals surface area contributed by atoms with Crippen molar-refractivity contribution < 1.29 is 28.9 Å². The molecule has 144 valence electrons. The average molecular weight is 370 g/mol. The fourth-order valence-electron chi connectivity index (χ4n) is 2.75. The van der Waals surface area contributed by atoms with E-state index in [2.05, 4.69) is 4.98 Å². The summed E-state index contributed by atoms with van der Waals surface area (Å²) < 4.78 is 17.0. The second-order valence-corrected chi connectivity index (χ2v) is 5.96. The van der Waals surface area contributed by atoms with Crippen molar-refractivity contribution in [2.75, 3.05) is 13.2 Å². The Balaban J connectivity index is 2.24. The predicted molar refractivity (Wildman–Crippen MR) is 87.4 cm³/mol. The zero-order valence-corrected chi connectivity index (χ0v) is 14.6. The van der Waals surface area contributed by atoms with Gasteiger partial charge in [-0.05, 0) is 12.8 Å². The predicted octanol–water partition coefficient (Wildman–Crippen LogP) is -0.756. The maximum atomic E-state index is 12.1. The Hall–Kier alpha value is -2.46. The van der Waals surface area contributed by atoms with Gasteiger partial charge in [0, 0.05) is 38.6 Å². The van der Waals surface area contributed by atoms with Crippen molar-refractivity contribution in [2.45, 2.75) is 51.5 Å². The Labute approximate surface area is 148 Å². The zero-order chi connectivity index (χ0) is 19.3. The minimum Gasteiger partial charge on any atom is -0.463 e. The van der Waals surface area contributed by atoms with E-state index in [-0.39, 0.29) is 19.6 Å². The van der Waals surface area contributed by atoms with Gasteiger partial charge in [0.25, 0.3) is 5.56 Å². The monoisotopic (exact) mass is 370 g/mol. The number of nitrogens with one attached hydrogen (secondary N) is 1. The van der Waals surface area contributed by atoms with Crippen LogP contribution >= 0.6 is 0 Å². The van der Waals surface area contributed by atoms with Crippen molar-refractivity contribution in [3.63, 3.8) is 0 Å². The van der Waals surface area contributed by atoms with Gasteiger partial charge in [0.15, 0.2) is 0 Å². The van der Waals surface area contributed by atoms with Gasteiger partial charge >= 0.3 is 17.6 Å². The van der Waals surface area contributed by atoms with Crippen LogP contribution in [0.25, 0.3) is 0 Å². The molecule has 2 rings (SSSR count). The number of hydrogen-bond donors (Lipinski definition) is 2. The van der Waals surface area contributed by atoms with Crippen LogP contribution in [0.15, 0.2) is 15.8 Å². The van der Waals surface area contributed by atoms with Crippen LogP contribution in [0, 0.1) is 0 Å². The summed E-state index contributed by atoms with van der Waals surface area (Å²) in [4.78, 5) is 48.5. The number of hydrogen-bond acceptors (Lipinski definition) is 8. The molecule has 1 aliphatic heterocycles. The van der Waals surface area contributed by atoms with E-state index >= 15 is 0 Å². The van der Waals surface area contributed by atoms with Crippen LogP contribution in [0.3, 0.4) is 0 Å². The number of esters is 2. The molecular formula is C16H22N2O8. The van der Waals surface area contributed by atoms with E-state index < -0.39 is 41.6 Å². The summed E-state index contributed by atoms with van der Waals surface area (Å²) >= 11 is 0. The molecule has 3 atom stereocenters. The first kappa shape index (κ1) is 19.9. The fourth-order valence-corrected chi connectivity index (χ4v) is 2.75. The Morgan fingerprint density at radius 2 is 2.08 bits per heavy atom. The third-order valence-electron chi connectivity index (χ3n) is 3.90. The number of aliphatic hydroxyl groups is 1. The number of carbonyl (C=O) groups is 2. The van der Waals surface area contributed by atoms with Crippen LogP contribution in [-0.2, 0) is 30.2 Å². The quantitative estimate of drug-likeness (QED) is 0.598. The lowest BCUT2D eigenvalue weighted by atomic mass is 10.1. The smallest absolute Gasteiger partial charge is 0.330 e. The maximum Gasteiger partial charge on any atom is 0.330 e. The molecule has 2 heterocycles. The van der Waals surface area contributed by atoms with E-state index in [0.29, 0.717) is 18.4 Å². The second-order valence-electron chi connectivity index (χ2n) is 5.96. The Bertz CT molecular complexity index is 768. The van der Waals surface area contributed by atoms with Crippen LogP contribution < -0.4 is 11.2 Å². The summed E-state index contributed by atoms with van der Waals surface area (Å²) in [5.74, 6) is -1.03. The van der Waals surface area contributed by atoms with Gasteiger partial charge in [-0.2, -0.15) is 0 Å². The SMILES string of the molecule is CC(=O)OC[C@H]1O[C@@H](n2cc(CCCO)c(=O)[nH]c2=O)C[C@@H]1OC(C)=O. The van der Waals surface area contributed by atoms with Gasteiger partial charge in [-0.15, -0.1) is 0 Å². The first-order chi connectivity index (χ1) is 12.3. The molecule has 10 heteroatoms. The van der Waals surface area contributed by atoms with Crippen molar-refractivity contribution in [3.8, 4) is 0 Å². The molecule has 10 nitrogen and oxygen atoms in total. The van der Waals surface area contributed by atoms with Gasteiger partial charge in [0.1, 0.15) is 25.0 Å². The summed E-state index contributed by atoms with van der Waals surface area (Å²) in [5, 5.41) is 8.92. The number of aryl methyl sites for hydroxylation is 1. The summed E-state index contributed by atoms with van der Waals surface area (Å²) in [6.45, 7) is 2.28. The molecule has 0 spiro atoms. The van der Waals surface area contributed by atoms with Crippen molar-refractivity contribution in [2.24, 2.45) is 0 Å². The highest BCUT2D eigenvalue weighted by atomic mass is 16.6. The molecule has 0 amide bonds. The van der Waals surface area contributed by atoms with Crippen molar-refractivity contribution in [3.05, 3.63) is 32.6 Å². The van der Waals surface area contributed by atoms with E-state index in [4.69, 9.17) is 19.3 Å². The summed E-state index contributed by atoms with van der Waals surface area (Å²) in [6, 6.07) is 0. The van der Waals surface area contributed by atoms with Gasteiger partial charge in [0.2, 0.25) is 0 Å². The van der Waals surface area contributed by atoms with E-state index in [1.165, 1.54) is 24.6 Å². The van der Waals surface area contributed by atoms with Crippen molar-refractivity contribution in [1.82, 2.24) is 9.55 Å². The van der Waals surface area contributed by atoms with Crippen molar-refractivity contribution >= 4 is 11.9 Å². The van der Waals surface area contributed by atoms with Crippen LogP contribution in [-0.4, -0.2) is 52.0 Å². The van der Waals surface area contributed by atoms with E-state index in [0.717, 1.165) is 0 Å². The number of aromatic amines is 1. The molecule has 1 fully saturated rings. The van der Waals surface area contributed by atoms with Gasteiger partial charge in [-0.25, -0.2) is 4.79 Å². The first-order valence-electron chi connectivity index (χ1n) is 8.23. The second kappa shape index (κ2) is 8.77. The molecule has 0 unspecified atom stereocenters. The number of ether oxygens (including phenoxy) is 3. The summed E-state index contributed by atoms with van der Waals surface area (Å²) in [6.07, 6.45) is -0.0143. The molecule has 1 saturated heterocycles. The highest BCUT2D eigenvalue weighted by Crippen LogP contribution is 2.30. The third kappa shape index (κ3) is 5.02. The van der Waals surface area contributed by atoms with Crippen LogP contribution in [0.2, 0.25) is 0 Å². The molecule has 0 aliphatic carbocycles. The van der Waals surface area contributed by atoms with Crippen LogP contribution in [0.5, 0.6) is 0 Å². The molecule has 0 radical (unpaired) electrons. The Morgan fingerprint density at radius 3 is 2.69 bits per heavy atom. The maximum absolute atomic E-state index is 12.1. The Kier molecular flexibility index (Phi) is 6.70. The molecule has 0 saturated carbocycles. The highest BCUT2D eigenvalue weighted by molar-refractivity contribution is 5.66. The van der Waals surface area contributed by atoms with Gasteiger partial charge in [-0.3, -0.25) is 23.9 Å². The van der Waals surface area contributed by atoms with Crippen molar-refractivity contribution in [1.29, 1.82) is 0 Å². The number of H-pyrrole nitrogens is 1. The molecule has 1 aromatic heterocycles. The van der Waals surface area contributed by atoms with E-state index in [1.807, 2.05) is 0 Å². The molecule has 26 heavy (non-hydrogen) atoms. The molecule has 1 aliphatic rings. The molecule has 1 aromatic rings. The lowest BCUT2D eigenvalue weighted by Crippen LogP contribution is -2.34. The van der Waals surface area contributed by atoms with Gasteiger partial charge in [-0.1, -0.05) is 0 Å². The molecule has 0 aromatic carbocycles. The average Bonchev–Trinajstić information content (AvgIpc) is 2.94.